The van der Waals surface area contributed by atoms with Crippen LogP contribution in [0.4, 0.5) is 0 Å². The van der Waals surface area contributed by atoms with Gasteiger partial charge in [0.2, 0.25) is 0 Å². The maximum absolute atomic E-state index is 9.42. The van der Waals surface area contributed by atoms with Gasteiger partial charge < -0.3 is 9.84 Å². The lowest BCUT2D eigenvalue weighted by Gasteiger charge is -2.10. The zero-order valence-corrected chi connectivity index (χ0v) is 11.1. The molecule has 0 aliphatic rings. The molecule has 2 nitrogen and oxygen atoms in total. The first-order valence-corrected chi connectivity index (χ1v) is 6.16. The molecule has 0 fully saturated rings. The van der Waals surface area contributed by atoms with E-state index in [9.17, 15) is 5.11 Å². The van der Waals surface area contributed by atoms with Crippen molar-refractivity contribution in [3.05, 3.63) is 58.6 Å². The maximum atomic E-state index is 9.42. The highest BCUT2D eigenvalue weighted by Crippen LogP contribution is 2.30. The average Bonchev–Trinajstić information content (AvgIpc) is 2.34. The van der Waals surface area contributed by atoms with E-state index < -0.39 is 6.10 Å². The van der Waals surface area contributed by atoms with E-state index in [-0.39, 0.29) is 0 Å². The van der Waals surface area contributed by atoms with Crippen LogP contribution in [0.1, 0.15) is 24.2 Å². The van der Waals surface area contributed by atoms with Crippen molar-refractivity contribution in [3.8, 4) is 11.5 Å². The molecule has 1 unspecified atom stereocenters. The molecule has 3 heteroatoms. The van der Waals surface area contributed by atoms with Gasteiger partial charge in [-0.1, -0.05) is 29.8 Å². The molecular weight excluding hydrogens is 248 g/mol. The van der Waals surface area contributed by atoms with E-state index in [4.69, 9.17) is 16.3 Å². The lowest BCUT2D eigenvalue weighted by molar-refractivity contribution is 0.199. The third-order valence-electron chi connectivity index (χ3n) is 2.68. The zero-order valence-electron chi connectivity index (χ0n) is 10.4. The van der Waals surface area contributed by atoms with Crippen molar-refractivity contribution < 1.29 is 9.84 Å². The van der Waals surface area contributed by atoms with Gasteiger partial charge in [-0.05, 0) is 49.2 Å². The molecule has 2 aromatic carbocycles. The van der Waals surface area contributed by atoms with E-state index in [1.165, 1.54) is 0 Å². The summed E-state index contributed by atoms with van der Waals surface area (Å²) < 4.78 is 5.71. The molecule has 0 aliphatic carbocycles. The Kier molecular flexibility index (Phi) is 3.90. The van der Waals surface area contributed by atoms with Crippen LogP contribution < -0.4 is 4.74 Å². The molecular formula is C15H15ClO2. The van der Waals surface area contributed by atoms with Crippen LogP contribution in [-0.4, -0.2) is 5.11 Å². The molecule has 0 saturated heterocycles. The average molecular weight is 263 g/mol. The van der Waals surface area contributed by atoms with Gasteiger partial charge in [0.15, 0.2) is 0 Å². The van der Waals surface area contributed by atoms with Crippen molar-refractivity contribution in [1.82, 2.24) is 0 Å². The number of aliphatic hydroxyl groups excluding tert-OH is 1. The Labute approximate surface area is 112 Å². The summed E-state index contributed by atoms with van der Waals surface area (Å²) in [5, 5.41) is 10.0. The number of halogens is 1. The van der Waals surface area contributed by atoms with E-state index in [0.717, 1.165) is 11.1 Å². The fraction of sp³-hybridized carbons (Fsp3) is 0.200. The van der Waals surface area contributed by atoms with E-state index in [2.05, 4.69) is 0 Å². The van der Waals surface area contributed by atoms with Gasteiger partial charge in [0.25, 0.3) is 0 Å². The predicted octanol–water partition coefficient (Wildman–Crippen LogP) is 4.49. The summed E-state index contributed by atoms with van der Waals surface area (Å²) in [7, 11) is 0. The van der Waals surface area contributed by atoms with Crippen LogP contribution in [0.5, 0.6) is 11.5 Å². The Morgan fingerprint density at radius 3 is 2.39 bits per heavy atom. The third-order valence-corrected chi connectivity index (χ3v) is 2.99. The third kappa shape index (κ3) is 3.03. The second kappa shape index (κ2) is 5.42. The molecule has 0 spiro atoms. The zero-order chi connectivity index (χ0) is 13.1. The molecule has 0 heterocycles. The first-order chi connectivity index (χ1) is 8.56. The van der Waals surface area contributed by atoms with Gasteiger partial charge in [-0.3, -0.25) is 0 Å². The van der Waals surface area contributed by atoms with Crippen LogP contribution in [0.3, 0.4) is 0 Å². The molecule has 0 aliphatic heterocycles. The van der Waals surface area contributed by atoms with Crippen LogP contribution in [0.15, 0.2) is 42.5 Å². The summed E-state index contributed by atoms with van der Waals surface area (Å²) in [6.45, 7) is 3.72. The Balaban J connectivity index is 2.21. The Bertz CT molecular complexity index is 533. The smallest absolute Gasteiger partial charge is 0.146 e. The molecule has 94 valence electrons. The summed E-state index contributed by atoms with van der Waals surface area (Å²) in [6.07, 6.45) is -0.471. The van der Waals surface area contributed by atoms with Gasteiger partial charge in [-0.2, -0.15) is 0 Å². The fourth-order valence-corrected chi connectivity index (χ4v) is 1.79. The van der Waals surface area contributed by atoms with Gasteiger partial charge >= 0.3 is 0 Å². The summed E-state index contributed by atoms with van der Waals surface area (Å²) in [4.78, 5) is 0. The Morgan fingerprint density at radius 1 is 1.11 bits per heavy atom. The highest BCUT2D eigenvalue weighted by atomic mass is 35.5. The number of ether oxygens (including phenoxy) is 1. The number of hydrogen-bond donors (Lipinski definition) is 1. The highest BCUT2D eigenvalue weighted by molar-refractivity contribution is 6.32. The Morgan fingerprint density at radius 2 is 1.78 bits per heavy atom. The molecule has 18 heavy (non-hydrogen) atoms. The first-order valence-electron chi connectivity index (χ1n) is 5.78. The van der Waals surface area contributed by atoms with Gasteiger partial charge in [-0.25, -0.2) is 0 Å². The molecule has 0 radical (unpaired) electrons. The van der Waals surface area contributed by atoms with Crippen molar-refractivity contribution in [1.29, 1.82) is 0 Å². The van der Waals surface area contributed by atoms with Crippen molar-refractivity contribution in [2.75, 3.05) is 0 Å². The van der Waals surface area contributed by atoms with Crippen LogP contribution in [-0.2, 0) is 0 Å². The van der Waals surface area contributed by atoms with Crippen molar-refractivity contribution in [2.45, 2.75) is 20.0 Å². The van der Waals surface area contributed by atoms with Gasteiger partial charge in [0, 0.05) is 0 Å². The van der Waals surface area contributed by atoms with E-state index in [1.54, 1.807) is 6.92 Å². The monoisotopic (exact) mass is 262 g/mol. The van der Waals surface area contributed by atoms with Crippen molar-refractivity contribution in [2.24, 2.45) is 0 Å². The molecule has 2 aromatic rings. The summed E-state index contributed by atoms with van der Waals surface area (Å²) in [5.74, 6) is 1.34. The minimum atomic E-state index is -0.471. The minimum absolute atomic E-state index is 0.471. The second-order valence-corrected chi connectivity index (χ2v) is 4.69. The number of benzene rings is 2. The van der Waals surface area contributed by atoms with Crippen LogP contribution in [0.2, 0.25) is 5.02 Å². The van der Waals surface area contributed by atoms with E-state index in [0.29, 0.717) is 16.5 Å². The highest BCUT2D eigenvalue weighted by Gasteiger charge is 2.05. The predicted molar refractivity (Wildman–Crippen MR) is 73.3 cm³/mol. The first kappa shape index (κ1) is 12.9. The van der Waals surface area contributed by atoms with Crippen LogP contribution in [0, 0.1) is 6.92 Å². The normalized spacial score (nSPS) is 12.2. The summed E-state index contributed by atoms with van der Waals surface area (Å²) in [5.41, 5.74) is 1.95. The minimum Gasteiger partial charge on any atom is -0.456 e. The molecule has 1 atom stereocenters. The molecule has 0 saturated carbocycles. The van der Waals surface area contributed by atoms with Crippen LogP contribution >= 0.6 is 11.6 Å². The van der Waals surface area contributed by atoms with E-state index >= 15 is 0 Å². The quantitative estimate of drug-likeness (QED) is 0.883. The number of aliphatic hydroxyl groups is 1. The largest absolute Gasteiger partial charge is 0.456 e. The fourth-order valence-electron chi connectivity index (χ4n) is 1.63. The van der Waals surface area contributed by atoms with Gasteiger partial charge in [0.1, 0.15) is 11.5 Å². The standard InChI is InChI=1S/C15H15ClO2/c1-10-3-8-14(16)15(9-10)18-13-6-4-12(5-7-13)11(2)17/h3-9,11,17H,1-2H3. The molecule has 1 N–H and O–H groups in total. The van der Waals surface area contributed by atoms with Crippen molar-refractivity contribution in [3.63, 3.8) is 0 Å². The van der Waals surface area contributed by atoms with E-state index in [1.807, 2.05) is 49.4 Å². The lowest BCUT2D eigenvalue weighted by Crippen LogP contribution is -1.91. The van der Waals surface area contributed by atoms with Gasteiger partial charge in [0.05, 0.1) is 11.1 Å². The number of rotatable bonds is 3. The lowest BCUT2D eigenvalue weighted by atomic mass is 10.1. The number of aryl methyl sites for hydroxylation is 1. The topological polar surface area (TPSA) is 29.5 Å². The SMILES string of the molecule is Cc1ccc(Cl)c(Oc2ccc(C(C)O)cc2)c1. The molecule has 0 bridgehead atoms. The molecule has 0 aromatic heterocycles. The van der Waals surface area contributed by atoms with Gasteiger partial charge in [-0.15, -0.1) is 0 Å². The summed E-state index contributed by atoms with van der Waals surface area (Å²) in [6, 6.07) is 13.0. The summed E-state index contributed by atoms with van der Waals surface area (Å²) >= 11 is 6.06. The second-order valence-electron chi connectivity index (χ2n) is 4.28. The molecule has 2 rings (SSSR count). The molecule has 0 amide bonds. The maximum Gasteiger partial charge on any atom is 0.146 e. The van der Waals surface area contributed by atoms with Crippen LogP contribution in [0.25, 0.3) is 0 Å². The number of hydrogen-bond acceptors (Lipinski definition) is 2. The van der Waals surface area contributed by atoms with Crippen molar-refractivity contribution >= 4 is 11.6 Å². The Hall–Kier alpha value is -1.51.